The van der Waals surface area contributed by atoms with Crippen LogP contribution in [0.1, 0.15) is 11.1 Å². The summed E-state index contributed by atoms with van der Waals surface area (Å²) in [7, 11) is -4.59. The minimum atomic E-state index is -3.79. The molecule has 1 N–H and O–H groups in total. The molecule has 0 heterocycles. The third-order valence-electron chi connectivity index (χ3n) is 3.56. The van der Waals surface area contributed by atoms with Crippen molar-refractivity contribution in [1.29, 1.82) is 0 Å². The highest BCUT2D eigenvalue weighted by atomic mass is 32.2. The van der Waals surface area contributed by atoms with Crippen molar-refractivity contribution in [3.8, 4) is 0 Å². The fourth-order valence-corrected chi connectivity index (χ4v) is 4.05. The molecule has 0 saturated heterocycles. The highest BCUT2D eigenvalue weighted by Gasteiger charge is 2.20. The van der Waals surface area contributed by atoms with Crippen LogP contribution in [0.5, 0.6) is 0 Å². The summed E-state index contributed by atoms with van der Waals surface area (Å²) < 4.78 is 53.0. The van der Waals surface area contributed by atoms with Crippen LogP contribution in [0.4, 0.5) is 5.69 Å². The predicted octanol–water partition coefficient (Wildman–Crippen LogP) is 2.35. The Kier molecular flexibility index (Phi) is 5.03. The number of hydrogen-bond acceptors (Lipinski definition) is 4. The van der Waals surface area contributed by atoms with Gasteiger partial charge in [-0.15, -0.1) is 0 Å². The van der Waals surface area contributed by atoms with Gasteiger partial charge in [-0.3, -0.25) is 4.72 Å². The van der Waals surface area contributed by atoms with E-state index in [0.717, 1.165) is 9.87 Å². The molecule has 2 rings (SSSR count). The van der Waals surface area contributed by atoms with Crippen LogP contribution in [-0.2, 0) is 20.0 Å². The van der Waals surface area contributed by atoms with Crippen LogP contribution in [0.25, 0.3) is 0 Å². The number of benzene rings is 2. The number of nitrogens with one attached hydrogen (secondary N) is 1. The van der Waals surface area contributed by atoms with E-state index < -0.39 is 20.0 Å². The van der Waals surface area contributed by atoms with E-state index in [-0.39, 0.29) is 15.5 Å². The van der Waals surface area contributed by atoms with Crippen LogP contribution >= 0.6 is 0 Å². The lowest BCUT2D eigenvalue weighted by molar-refractivity contribution is 0.520. The molecule has 6 nitrogen and oxygen atoms in total. The lowest BCUT2D eigenvalue weighted by atomic mass is 10.2. The molecule has 130 valence electrons. The smallest absolute Gasteiger partial charge is 0.261 e. The second-order valence-corrected chi connectivity index (χ2v) is 9.52. The zero-order valence-electron chi connectivity index (χ0n) is 13.9. The Balaban J connectivity index is 2.44. The minimum Gasteiger partial charge on any atom is -0.279 e. The van der Waals surface area contributed by atoms with Crippen molar-refractivity contribution >= 4 is 25.7 Å². The van der Waals surface area contributed by atoms with E-state index >= 15 is 0 Å². The van der Waals surface area contributed by atoms with E-state index in [2.05, 4.69) is 4.72 Å². The Morgan fingerprint density at radius 3 is 1.92 bits per heavy atom. The highest BCUT2D eigenvalue weighted by Crippen LogP contribution is 2.24. The number of rotatable bonds is 5. The molecule has 0 atom stereocenters. The summed E-state index contributed by atoms with van der Waals surface area (Å²) in [4.78, 5) is 0.146. The van der Waals surface area contributed by atoms with Crippen LogP contribution in [0.2, 0.25) is 0 Å². The molecule has 0 unspecified atom stereocenters. The van der Waals surface area contributed by atoms with Crippen LogP contribution < -0.4 is 4.72 Å². The van der Waals surface area contributed by atoms with Crippen LogP contribution in [0, 0.1) is 13.8 Å². The first-order chi connectivity index (χ1) is 11.0. The van der Waals surface area contributed by atoms with Crippen molar-refractivity contribution in [2.24, 2.45) is 0 Å². The second kappa shape index (κ2) is 6.54. The molecular weight excluding hydrogens is 348 g/mol. The molecule has 0 fully saturated rings. The van der Waals surface area contributed by atoms with E-state index in [9.17, 15) is 16.8 Å². The molecule has 2 aromatic carbocycles. The molecule has 0 saturated carbocycles. The van der Waals surface area contributed by atoms with Gasteiger partial charge in [0.05, 0.1) is 15.5 Å². The van der Waals surface area contributed by atoms with E-state index in [1.165, 1.54) is 38.4 Å². The summed E-state index contributed by atoms with van der Waals surface area (Å²) in [5, 5.41) is 0. The Morgan fingerprint density at radius 1 is 0.833 bits per heavy atom. The first-order valence-corrected chi connectivity index (χ1v) is 10.1. The summed E-state index contributed by atoms with van der Waals surface area (Å²) in [6.45, 7) is 3.57. The lowest BCUT2D eigenvalue weighted by Gasteiger charge is -2.15. The van der Waals surface area contributed by atoms with Gasteiger partial charge in [-0.2, -0.15) is 0 Å². The highest BCUT2D eigenvalue weighted by molar-refractivity contribution is 7.92. The Morgan fingerprint density at radius 2 is 1.38 bits per heavy atom. The fourth-order valence-electron chi connectivity index (χ4n) is 2.00. The van der Waals surface area contributed by atoms with E-state index in [1.807, 2.05) is 6.92 Å². The van der Waals surface area contributed by atoms with Crippen molar-refractivity contribution in [2.75, 3.05) is 18.8 Å². The standard InChI is InChI=1S/C16H20N2O4S2/c1-12-5-8-14(9-6-12)23(19,20)17-16-11-15(10-7-13(16)2)24(21,22)18(3)4/h5-11,17H,1-4H3. The lowest BCUT2D eigenvalue weighted by Crippen LogP contribution is -2.22. The Hall–Kier alpha value is -1.90. The van der Waals surface area contributed by atoms with Gasteiger partial charge >= 0.3 is 0 Å². The van der Waals surface area contributed by atoms with Gasteiger partial charge in [0.2, 0.25) is 10.0 Å². The molecule has 24 heavy (non-hydrogen) atoms. The first-order valence-electron chi connectivity index (χ1n) is 7.17. The minimum absolute atomic E-state index is 0.0275. The fraction of sp³-hybridized carbons (Fsp3) is 0.250. The van der Waals surface area contributed by atoms with Crippen molar-refractivity contribution < 1.29 is 16.8 Å². The molecule has 2 aromatic rings. The quantitative estimate of drug-likeness (QED) is 0.878. The molecule has 0 spiro atoms. The number of nitrogens with zero attached hydrogens (tertiary/aromatic N) is 1. The van der Waals surface area contributed by atoms with Crippen LogP contribution in [0.3, 0.4) is 0 Å². The molecule has 0 aliphatic heterocycles. The molecular formula is C16H20N2O4S2. The third-order valence-corrected chi connectivity index (χ3v) is 6.76. The van der Waals surface area contributed by atoms with E-state index in [1.54, 1.807) is 25.1 Å². The van der Waals surface area contributed by atoms with E-state index in [4.69, 9.17) is 0 Å². The average Bonchev–Trinajstić information content (AvgIpc) is 2.49. The average molecular weight is 368 g/mol. The van der Waals surface area contributed by atoms with Crippen molar-refractivity contribution in [1.82, 2.24) is 4.31 Å². The molecule has 0 aliphatic carbocycles. The number of aryl methyl sites for hydroxylation is 2. The molecule has 0 amide bonds. The predicted molar refractivity (Wildman–Crippen MR) is 94.0 cm³/mol. The largest absolute Gasteiger partial charge is 0.279 e. The van der Waals surface area contributed by atoms with Gasteiger partial charge in [-0.05, 0) is 43.7 Å². The second-order valence-electron chi connectivity index (χ2n) is 5.68. The summed E-state index contributed by atoms with van der Waals surface area (Å²) in [6.07, 6.45) is 0. The van der Waals surface area contributed by atoms with Crippen molar-refractivity contribution in [2.45, 2.75) is 23.6 Å². The normalized spacial score (nSPS) is 12.4. The molecule has 0 radical (unpaired) electrons. The zero-order chi connectivity index (χ0) is 18.1. The van der Waals surface area contributed by atoms with Gasteiger partial charge in [-0.1, -0.05) is 23.8 Å². The number of sulfonamides is 2. The van der Waals surface area contributed by atoms with Gasteiger partial charge in [0.1, 0.15) is 0 Å². The maximum atomic E-state index is 12.5. The maximum absolute atomic E-state index is 12.5. The summed E-state index contributed by atoms with van der Waals surface area (Å²) in [5.41, 5.74) is 1.81. The molecule has 0 bridgehead atoms. The summed E-state index contributed by atoms with van der Waals surface area (Å²) in [5.74, 6) is 0. The molecule has 0 aliphatic rings. The molecule has 0 aromatic heterocycles. The van der Waals surface area contributed by atoms with Gasteiger partial charge in [-0.25, -0.2) is 21.1 Å². The summed E-state index contributed by atoms with van der Waals surface area (Å²) >= 11 is 0. The third kappa shape index (κ3) is 3.77. The topological polar surface area (TPSA) is 83.5 Å². The van der Waals surface area contributed by atoms with Gasteiger partial charge in [0.15, 0.2) is 0 Å². The van der Waals surface area contributed by atoms with Crippen LogP contribution in [0.15, 0.2) is 52.3 Å². The van der Waals surface area contributed by atoms with Gasteiger partial charge < -0.3 is 0 Å². The number of anilines is 1. The molecule has 8 heteroatoms. The number of hydrogen-bond donors (Lipinski definition) is 1. The van der Waals surface area contributed by atoms with Gasteiger partial charge in [0.25, 0.3) is 10.0 Å². The van der Waals surface area contributed by atoms with Gasteiger partial charge in [0, 0.05) is 14.1 Å². The van der Waals surface area contributed by atoms with E-state index in [0.29, 0.717) is 5.56 Å². The monoisotopic (exact) mass is 368 g/mol. The van der Waals surface area contributed by atoms with Crippen LogP contribution in [-0.4, -0.2) is 35.2 Å². The first kappa shape index (κ1) is 18.4. The Bertz CT molecular complexity index is 948. The maximum Gasteiger partial charge on any atom is 0.261 e. The Labute approximate surface area is 143 Å². The summed E-state index contributed by atoms with van der Waals surface area (Å²) in [6, 6.07) is 10.8. The SMILES string of the molecule is Cc1ccc(S(=O)(=O)Nc2cc(S(=O)(=O)N(C)C)ccc2C)cc1. The van der Waals surface area contributed by atoms with Crippen molar-refractivity contribution in [3.63, 3.8) is 0 Å². The van der Waals surface area contributed by atoms with Crippen molar-refractivity contribution in [3.05, 3.63) is 53.6 Å². The zero-order valence-corrected chi connectivity index (χ0v) is 15.6.